The van der Waals surface area contributed by atoms with Gasteiger partial charge in [-0.1, -0.05) is 48.5 Å². The Morgan fingerprint density at radius 3 is 2.28 bits per heavy atom. The number of ether oxygens (including phenoxy) is 2. The maximum atomic E-state index is 15.1. The highest BCUT2D eigenvalue weighted by Crippen LogP contribution is 2.43. The number of carbonyl (C=O) groups is 2. The maximum absolute atomic E-state index is 15.1. The average Bonchev–Trinajstić information content (AvgIpc) is 3.22. The minimum Gasteiger partial charge on any atom is -0.507 e. The van der Waals surface area contributed by atoms with E-state index in [-0.39, 0.29) is 11.1 Å². The van der Waals surface area contributed by atoms with Crippen molar-refractivity contribution in [3.05, 3.63) is 131 Å². The van der Waals surface area contributed by atoms with E-state index in [4.69, 9.17) is 9.47 Å². The Morgan fingerprint density at radius 1 is 0.923 bits per heavy atom. The van der Waals surface area contributed by atoms with E-state index in [1.54, 1.807) is 48.5 Å². The summed E-state index contributed by atoms with van der Waals surface area (Å²) < 4.78 is 26.2. The number of benzene rings is 4. The number of methoxy groups -OCH3 is 1. The van der Waals surface area contributed by atoms with Crippen molar-refractivity contribution in [1.82, 2.24) is 0 Å². The molecule has 1 aliphatic rings. The number of amides is 1. The first-order chi connectivity index (χ1) is 18.9. The Kier molecular flexibility index (Phi) is 7.14. The van der Waals surface area contributed by atoms with Crippen LogP contribution in [0.1, 0.15) is 28.3 Å². The van der Waals surface area contributed by atoms with Crippen LogP contribution in [0.3, 0.4) is 0 Å². The van der Waals surface area contributed by atoms with Gasteiger partial charge in [-0.2, -0.15) is 0 Å². The molecule has 0 bridgehead atoms. The number of nitrogens with zero attached hydrogens (tertiary/aromatic N) is 1. The highest BCUT2D eigenvalue weighted by molar-refractivity contribution is 6.51. The van der Waals surface area contributed by atoms with Gasteiger partial charge in [-0.15, -0.1) is 0 Å². The van der Waals surface area contributed by atoms with E-state index in [0.29, 0.717) is 29.4 Å². The minimum absolute atomic E-state index is 0.0913. The van der Waals surface area contributed by atoms with Crippen LogP contribution in [0.15, 0.2) is 103 Å². The Labute approximate surface area is 225 Å². The van der Waals surface area contributed by atoms with E-state index in [2.05, 4.69) is 0 Å². The summed E-state index contributed by atoms with van der Waals surface area (Å²) in [5, 5.41) is 11.4. The van der Waals surface area contributed by atoms with Gasteiger partial charge in [-0.3, -0.25) is 14.5 Å². The fraction of sp³-hybridized carbons (Fsp3) is 0.125. The third-order valence-corrected chi connectivity index (χ3v) is 6.68. The standard InChI is InChI=1S/C32H26FNO5/c1-20-18-22(12-17-27(20)39-19-21-8-4-3-5-9-21)30(35)28-29(25-10-6-7-11-26(25)33)34(32(37)31(28)36)23-13-15-24(38-2)16-14-23/h3-18,29,35H,19H2,1-2H3/b30-28+. The molecule has 1 atom stereocenters. The average molecular weight is 524 g/mol. The number of ketones is 1. The van der Waals surface area contributed by atoms with E-state index in [1.165, 1.54) is 30.2 Å². The monoisotopic (exact) mass is 523 g/mol. The van der Waals surface area contributed by atoms with Gasteiger partial charge in [-0.05, 0) is 66.6 Å². The zero-order valence-electron chi connectivity index (χ0n) is 21.4. The number of hydrogen-bond donors (Lipinski definition) is 1. The summed E-state index contributed by atoms with van der Waals surface area (Å²) >= 11 is 0. The molecular formula is C32H26FNO5. The maximum Gasteiger partial charge on any atom is 0.300 e. The Bertz CT molecular complexity index is 1560. The number of aliphatic hydroxyl groups excluding tert-OH is 1. The minimum atomic E-state index is -1.17. The molecular weight excluding hydrogens is 497 g/mol. The topological polar surface area (TPSA) is 76.1 Å². The van der Waals surface area contributed by atoms with Crippen molar-refractivity contribution in [3.63, 3.8) is 0 Å². The number of aryl methyl sites for hydroxylation is 1. The number of carbonyl (C=O) groups excluding carboxylic acids is 2. The summed E-state index contributed by atoms with van der Waals surface area (Å²) in [5.41, 5.74) is 2.31. The van der Waals surface area contributed by atoms with E-state index in [1.807, 2.05) is 37.3 Å². The second kappa shape index (κ2) is 10.8. The van der Waals surface area contributed by atoms with Gasteiger partial charge >= 0.3 is 0 Å². The van der Waals surface area contributed by atoms with E-state index in [0.717, 1.165) is 11.1 Å². The molecule has 196 valence electrons. The fourth-order valence-electron chi connectivity index (χ4n) is 4.68. The highest BCUT2D eigenvalue weighted by atomic mass is 19.1. The fourth-order valence-corrected chi connectivity index (χ4v) is 4.68. The summed E-state index contributed by atoms with van der Waals surface area (Å²) in [7, 11) is 1.51. The van der Waals surface area contributed by atoms with Crippen molar-refractivity contribution in [2.45, 2.75) is 19.6 Å². The molecule has 0 spiro atoms. The normalized spacial score (nSPS) is 16.4. The van der Waals surface area contributed by atoms with Crippen LogP contribution in [-0.4, -0.2) is 23.9 Å². The van der Waals surface area contributed by atoms with Gasteiger partial charge < -0.3 is 14.6 Å². The SMILES string of the molecule is COc1ccc(N2C(=O)C(=O)/C(=C(/O)c3ccc(OCc4ccccc4)c(C)c3)C2c2ccccc2F)cc1. The van der Waals surface area contributed by atoms with Gasteiger partial charge in [0.05, 0.1) is 18.7 Å². The molecule has 5 rings (SSSR count). The number of anilines is 1. The molecule has 1 N–H and O–H groups in total. The number of hydrogen-bond acceptors (Lipinski definition) is 5. The second-order valence-corrected chi connectivity index (χ2v) is 9.14. The van der Waals surface area contributed by atoms with Crippen molar-refractivity contribution < 1.29 is 28.6 Å². The van der Waals surface area contributed by atoms with Crippen LogP contribution in [0.4, 0.5) is 10.1 Å². The number of Topliss-reactive ketones (excluding diaryl/α,β-unsaturated/α-hetero) is 1. The van der Waals surface area contributed by atoms with Gasteiger partial charge in [0.1, 0.15) is 29.7 Å². The molecule has 0 saturated carbocycles. The van der Waals surface area contributed by atoms with Crippen molar-refractivity contribution in [2.24, 2.45) is 0 Å². The zero-order valence-corrected chi connectivity index (χ0v) is 21.4. The number of halogens is 1. The summed E-state index contributed by atoms with van der Waals surface area (Å²) in [5.74, 6) is -1.60. The first kappa shape index (κ1) is 25.7. The van der Waals surface area contributed by atoms with Crippen molar-refractivity contribution >= 4 is 23.1 Å². The molecule has 4 aromatic carbocycles. The molecule has 39 heavy (non-hydrogen) atoms. The Morgan fingerprint density at radius 2 is 1.62 bits per heavy atom. The van der Waals surface area contributed by atoms with Gasteiger partial charge in [0.25, 0.3) is 11.7 Å². The molecule has 4 aromatic rings. The van der Waals surface area contributed by atoms with Gasteiger partial charge in [0, 0.05) is 16.8 Å². The molecule has 7 heteroatoms. The molecule has 1 aliphatic heterocycles. The van der Waals surface area contributed by atoms with Crippen LogP contribution in [0.25, 0.3) is 5.76 Å². The summed E-state index contributed by atoms with van der Waals surface area (Å²) in [4.78, 5) is 27.9. The van der Waals surface area contributed by atoms with Crippen LogP contribution < -0.4 is 14.4 Å². The lowest BCUT2D eigenvalue weighted by Gasteiger charge is -2.26. The molecule has 6 nitrogen and oxygen atoms in total. The lowest BCUT2D eigenvalue weighted by molar-refractivity contribution is -0.132. The first-order valence-corrected chi connectivity index (χ1v) is 12.4. The quantitative estimate of drug-likeness (QED) is 0.174. The van der Waals surface area contributed by atoms with Crippen molar-refractivity contribution in [2.75, 3.05) is 12.0 Å². The first-order valence-electron chi connectivity index (χ1n) is 12.4. The van der Waals surface area contributed by atoms with Crippen LogP contribution in [0.2, 0.25) is 0 Å². The van der Waals surface area contributed by atoms with Gasteiger partial charge in [-0.25, -0.2) is 4.39 Å². The van der Waals surface area contributed by atoms with Crippen molar-refractivity contribution in [1.29, 1.82) is 0 Å². The van der Waals surface area contributed by atoms with Crippen LogP contribution in [0.5, 0.6) is 11.5 Å². The molecule has 1 unspecified atom stereocenters. The molecule has 1 fully saturated rings. The van der Waals surface area contributed by atoms with E-state index < -0.39 is 29.3 Å². The Hall–Kier alpha value is -4.91. The molecule has 1 saturated heterocycles. The second-order valence-electron chi connectivity index (χ2n) is 9.14. The molecule has 0 radical (unpaired) electrons. The van der Waals surface area contributed by atoms with Gasteiger partial charge in [0.15, 0.2) is 0 Å². The third kappa shape index (κ3) is 4.99. The number of rotatable bonds is 7. The predicted octanol–water partition coefficient (Wildman–Crippen LogP) is 6.35. The van der Waals surface area contributed by atoms with Crippen LogP contribution in [-0.2, 0) is 16.2 Å². The number of aliphatic hydroxyl groups is 1. The van der Waals surface area contributed by atoms with Crippen LogP contribution >= 0.6 is 0 Å². The lowest BCUT2D eigenvalue weighted by atomic mass is 9.94. The predicted molar refractivity (Wildman–Crippen MR) is 146 cm³/mol. The molecule has 1 heterocycles. The molecule has 1 amide bonds. The van der Waals surface area contributed by atoms with E-state index >= 15 is 4.39 Å². The largest absolute Gasteiger partial charge is 0.507 e. The summed E-state index contributed by atoms with van der Waals surface area (Å²) in [6, 6.07) is 25.9. The van der Waals surface area contributed by atoms with E-state index in [9.17, 15) is 14.7 Å². The third-order valence-electron chi connectivity index (χ3n) is 6.68. The summed E-state index contributed by atoms with van der Waals surface area (Å²) in [6.07, 6.45) is 0. The molecule has 0 aromatic heterocycles. The molecule has 0 aliphatic carbocycles. The zero-order chi connectivity index (χ0) is 27.5. The Balaban J connectivity index is 1.56. The summed E-state index contributed by atoms with van der Waals surface area (Å²) in [6.45, 7) is 2.19. The smallest absolute Gasteiger partial charge is 0.300 e. The van der Waals surface area contributed by atoms with Crippen molar-refractivity contribution in [3.8, 4) is 11.5 Å². The lowest BCUT2D eigenvalue weighted by Crippen LogP contribution is -2.29. The highest BCUT2D eigenvalue weighted by Gasteiger charge is 2.47. The van der Waals surface area contributed by atoms with Crippen LogP contribution in [0, 0.1) is 12.7 Å². The van der Waals surface area contributed by atoms with Gasteiger partial charge in [0.2, 0.25) is 0 Å².